The van der Waals surface area contributed by atoms with Crippen molar-refractivity contribution >= 4 is 11.6 Å². The molecule has 0 saturated heterocycles. The summed E-state index contributed by atoms with van der Waals surface area (Å²) in [6.07, 6.45) is -1.16. The molecule has 0 aromatic heterocycles. The summed E-state index contributed by atoms with van der Waals surface area (Å²) in [4.78, 5) is 12.1. The van der Waals surface area contributed by atoms with Gasteiger partial charge in [-0.1, -0.05) is 49.4 Å². The zero-order valence-electron chi connectivity index (χ0n) is 12.0. The van der Waals surface area contributed by atoms with Gasteiger partial charge in [0.25, 0.3) is 5.91 Å². The fraction of sp³-hybridized carbons (Fsp3) is 0.235. The molecule has 0 radical (unpaired) electrons. The number of aliphatic hydroxyl groups excluding tert-OH is 1. The van der Waals surface area contributed by atoms with Gasteiger partial charge in [0.1, 0.15) is 0 Å². The summed E-state index contributed by atoms with van der Waals surface area (Å²) >= 11 is 0. The van der Waals surface area contributed by atoms with Gasteiger partial charge >= 0.3 is 0 Å². The van der Waals surface area contributed by atoms with Crippen molar-refractivity contribution in [2.24, 2.45) is 0 Å². The van der Waals surface area contributed by atoms with Gasteiger partial charge in [0.15, 0.2) is 6.10 Å². The zero-order valence-corrected chi connectivity index (χ0v) is 12.0. The molecule has 1 atom stereocenters. The van der Waals surface area contributed by atoms with Gasteiger partial charge in [0, 0.05) is 12.2 Å². The summed E-state index contributed by atoms with van der Waals surface area (Å²) in [6.45, 7) is 3.69. The first-order chi connectivity index (χ1) is 10.2. The van der Waals surface area contributed by atoms with Crippen molar-refractivity contribution in [2.45, 2.75) is 19.6 Å². The van der Waals surface area contributed by atoms with Crippen molar-refractivity contribution in [3.05, 3.63) is 65.7 Å². The third-order valence-corrected chi connectivity index (χ3v) is 3.14. The highest BCUT2D eigenvalue weighted by molar-refractivity contribution is 5.94. The predicted molar refractivity (Wildman–Crippen MR) is 83.9 cm³/mol. The Labute approximate surface area is 124 Å². The third kappa shape index (κ3) is 4.41. The van der Waals surface area contributed by atoms with Crippen LogP contribution in [0.2, 0.25) is 0 Å². The van der Waals surface area contributed by atoms with Crippen LogP contribution in [0.1, 0.15) is 24.2 Å². The molecule has 0 aliphatic heterocycles. The number of anilines is 1. The van der Waals surface area contributed by atoms with Crippen molar-refractivity contribution in [2.75, 3.05) is 11.9 Å². The summed E-state index contributed by atoms with van der Waals surface area (Å²) in [6, 6.07) is 16.5. The Balaban J connectivity index is 2.02. The second-order valence-electron chi connectivity index (χ2n) is 4.78. The van der Waals surface area contributed by atoms with E-state index in [0.29, 0.717) is 11.3 Å². The number of rotatable bonds is 6. The van der Waals surface area contributed by atoms with E-state index in [0.717, 1.165) is 18.7 Å². The highest BCUT2D eigenvalue weighted by Gasteiger charge is 2.16. The molecule has 4 nitrogen and oxygen atoms in total. The first kappa shape index (κ1) is 15.2. The van der Waals surface area contributed by atoms with Crippen LogP contribution in [0.15, 0.2) is 54.6 Å². The minimum atomic E-state index is -1.16. The minimum Gasteiger partial charge on any atom is -0.378 e. The van der Waals surface area contributed by atoms with E-state index < -0.39 is 12.0 Å². The molecular formula is C17H20N2O2. The first-order valence-electron chi connectivity index (χ1n) is 7.04. The number of amides is 1. The number of benzene rings is 2. The standard InChI is InChI=1S/C17H20N2O2/c1-2-18-12-13-7-6-10-15(11-13)19-17(21)16(20)14-8-4-3-5-9-14/h3-11,16,18,20H,2,12H2,1H3,(H,19,21). The predicted octanol–water partition coefficient (Wildman–Crippen LogP) is 2.47. The lowest BCUT2D eigenvalue weighted by atomic mass is 10.1. The van der Waals surface area contributed by atoms with E-state index in [4.69, 9.17) is 0 Å². The number of carbonyl (C=O) groups excluding carboxylic acids is 1. The fourth-order valence-corrected chi connectivity index (χ4v) is 2.03. The molecule has 1 unspecified atom stereocenters. The number of aliphatic hydroxyl groups is 1. The lowest BCUT2D eigenvalue weighted by molar-refractivity contribution is -0.124. The highest BCUT2D eigenvalue weighted by atomic mass is 16.3. The fourth-order valence-electron chi connectivity index (χ4n) is 2.03. The summed E-state index contributed by atoms with van der Waals surface area (Å²) in [5.74, 6) is -0.429. The molecule has 0 fully saturated rings. The average Bonchev–Trinajstić information content (AvgIpc) is 2.53. The third-order valence-electron chi connectivity index (χ3n) is 3.14. The van der Waals surface area contributed by atoms with Crippen molar-refractivity contribution in [1.82, 2.24) is 5.32 Å². The Bertz CT molecular complexity index is 584. The molecule has 0 heterocycles. The van der Waals surface area contributed by atoms with Gasteiger partial charge in [-0.2, -0.15) is 0 Å². The molecule has 0 bridgehead atoms. The summed E-state index contributed by atoms with van der Waals surface area (Å²) in [5.41, 5.74) is 2.35. The van der Waals surface area contributed by atoms with Crippen LogP contribution < -0.4 is 10.6 Å². The first-order valence-corrected chi connectivity index (χ1v) is 7.04. The van der Waals surface area contributed by atoms with Crippen LogP contribution in [-0.2, 0) is 11.3 Å². The van der Waals surface area contributed by atoms with Crippen LogP contribution in [0.5, 0.6) is 0 Å². The van der Waals surface area contributed by atoms with Crippen LogP contribution in [-0.4, -0.2) is 17.6 Å². The van der Waals surface area contributed by atoms with E-state index in [9.17, 15) is 9.90 Å². The van der Waals surface area contributed by atoms with Crippen molar-refractivity contribution in [1.29, 1.82) is 0 Å². The van der Waals surface area contributed by atoms with Crippen LogP contribution in [0, 0.1) is 0 Å². The Hall–Kier alpha value is -2.17. The van der Waals surface area contributed by atoms with E-state index in [1.165, 1.54) is 0 Å². The second kappa shape index (κ2) is 7.57. The van der Waals surface area contributed by atoms with Gasteiger partial charge in [0.2, 0.25) is 0 Å². The van der Waals surface area contributed by atoms with E-state index >= 15 is 0 Å². The molecule has 0 saturated carbocycles. The number of hydrogen-bond donors (Lipinski definition) is 3. The van der Waals surface area contributed by atoms with Crippen molar-refractivity contribution in [3.63, 3.8) is 0 Å². The molecule has 0 aliphatic carbocycles. The van der Waals surface area contributed by atoms with E-state index in [-0.39, 0.29) is 0 Å². The zero-order chi connectivity index (χ0) is 15.1. The smallest absolute Gasteiger partial charge is 0.257 e. The molecule has 2 aromatic rings. The van der Waals surface area contributed by atoms with Crippen LogP contribution in [0.25, 0.3) is 0 Å². The molecule has 21 heavy (non-hydrogen) atoms. The Morgan fingerprint density at radius 3 is 2.62 bits per heavy atom. The summed E-state index contributed by atoms with van der Waals surface area (Å²) in [5, 5.41) is 16.0. The maximum Gasteiger partial charge on any atom is 0.257 e. The molecule has 4 heteroatoms. The van der Waals surface area contributed by atoms with E-state index in [1.807, 2.05) is 37.3 Å². The quantitative estimate of drug-likeness (QED) is 0.763. The lowest BCUT2D eigenvalue weighted by Crippen LogP contribution is -2.21. The van der Waals surface area contributed by atoms with Gasteiger partial charge in [0.05, 0.1) is 0 Å². The monoisotopic (exact) mass is 284 g/mol. The van der Waals surface area contributed by atoms with E-state index in [2.05, 4.69) is 10.6 Å². The molecule has 110 valence electrons. The minimum absolute atomic E-state index is 0.429. The van der Waals surface area contributed by atoms with Crippen molar-refractivity contribution in [3.8, 4) is 0 Å². The van der Waals surface area contributed by atoms with E-state index in [1.54, 1.807) is 24.3 Å². The molecule has 2 rings (SSSR count). The normalized spacial score (nSPS) is 11.9. The molecule has 0 spiro atoms. The topological polar surface area (TPSA) is 61.4 Å². The van der Waals surface area contributed by atoms with Crippen LogP contribution >= 0.6 is 0 Å². The number of carbonyl (C=O) groups is 1. The maximum absolute atomic E-state index is 12.1. The Morgan fingerprint density at radius 2 is 1.90 bits per heavy atom. The molecule has 0 aliphatic rings. The molecule has 3 N–H and O–H groups in total. The van der Waals surface area contributed by atoms with Gasteiger partial charge in [-0.15, -0.1) is 0 Å². The largest absolute Gasteiger partial charge is 0.378 e. The van der Waals surface area contributed by atoms with Crippen LogP contribution in [0.3, 0.4) is 0 Å². The lowest BCUT2D eigenvalue weighted by Gasteiger charge is -2.12. The maximum atomic E-state index is 12.1. The van der Waals surface area contributed by atoms with Crippen LogP contribution in [0.4, 0.5) is 5.69 Å². The number of nitrogens with one attached hydrogen (secondary N) is 2. The van der Waals surface area contributed by atoms with Gasteiger partial charge < -0.3 is 15.7 Å². The summed E-state index contributed by atoms with van der Waals surface area (Å²) in [7, 11) is 0. The summed E-state index contributed by atoms with van der Waals surface area (Å²) < 4.78 is 0. The van der Waals surface area contributed by atoms with Gasteiger partial charge in [-0.25, -0.2) is 0 Å². The number of hydrogen-bond acceptors (Lipinski definition) is 3. The molecule has 2 aromatic carbocycles. The molecular weight excluding hydrogens is 264 g/mol. The average molecular weight is 284 g/mol. The Kier molecular flexibility index (Phi) is 5.49. The molecule has 1 amide bonds. The SMILES string of the molecule is CCNCc1cccc(NC(=O)C(O)c2ccccc2)c1. The van der Waals surface area contributed by atoms with Gasteiger partial charge in [-0.3, -0.25) is 4.79 Å². The highest BCUT2D eigenvalue weighted by Crippen LogP contribution is 2.16. The van der Waals surface area contributed by atoms with Gasteiger partial charge in [-0.05, 0) is 29.8 Å². The Morgan fingerprint density at radius 1 is 1.14 bits per heavy atom. The van der Waals surface area contributed by atoms with Crippen molar-refractivity contribution < 1.29 is 9.90 Å². The second-order valence-corrected chi connectivity index (χ2v) is 4.78.